The maximum absolute atomic E-state index is 12.2. The van der Waals surface area contributed by atoms with Gasteiger partial charge in [-0.05, 0) is 46.5 Å². The number of hydrogen-bond acceptors (Lipinski definition) is 6. The zero-order valence-corrected chi connectivity index (χ0v) is 18.1. The van der Waals surface area contributed by atoms with Gasteiger partial charge in [-0.1, -0.05) is 42.1 Å². The van der Waals surface area contributed by atoms with Gasteiger partial charge in [-0.25, -0.2) is 4.98 Å². The molecule has 0 spiro atoms. The Hall–Kier alpha value is -2.51. The minimum absolute atomic E-state index is 0.0337. The van der Waals surface area contributed by atoms with Crippen LogP contribution >= 0.6 is 34.4 Å². The number of ether oxygens (including phenoxy) is 2. The first kappa shape index (κ1) is 20.2. The number of aromatic amines is 1. The minimum atomic E-state index is -0.463. The minimum Gasteiger partial charge on any atom is -0.493 e. The van der Waals surface area contributed by atoms with Crippen molar-refractivity contribution in [3.8, 4) is 28.8 Å². The van der Waals surface area contributed by atoms with E-state index < -0.39 is 5.56 Å². The van der Waals surface area contributed by atoms with Crippen LogP contribution in [0.3, 0.4) is 0 Å². The SMILES string of the molecule is COc1cc(-c2nc(SC)[nH]c(=O)c2C#N)cc(I)c1OCc1ccccc1. The number of nitriles is 1. The first-order valence-corrected chi connectivity index (χ1v) is 10.5. The molecule has 0 amide bonds. The van der Waals surface area contributed by atoms with Crippen molar-refractivity contribution in [2.45, 2.75) is 11.8 Å². The molecular formula is C20H16IN3O3S. The van der Waals surface area contributed by atoms with Crippen LogP contribution in [0.25, 0.3) is 11.3 Å². The van der Waals surface area contributed by atoms with Crippen LogP contribution in [0.15, 0.2) is 52.4 Å². The van der Waals surface area contributed by atoms with Crippen molar-refractivity contribution >= 4 is 34.4 Å². The second-order valence-electron chi connectivity index (χ2n) is 5.67. The van der Waals surface area contributed by atoms with Crippen LogP contribution in [0.1, 0.15) is 11.1 Å². The molecule has 0 saturated carbocycles. The smallest absolute Gasteiger partial charge is 0.270 e. The molecule has 1 heterocycles. The highest BCUT2D eigenvalue weighted by Gasteiger charge is 2.18. The molecule has 0 radical (unpaired) electrons. The largest absolute Gasteiger partial charge is 0.493 e. The number of nitrogens with zero attached hydrogens (tertiary/aromatic N) is 2. The Morgan fingerprint density at radius 3 is 2.68 bits per heavy atom. The van der Waals surface area contributed by atoms with Gasteiger partial charge in [0.25, 0.3) is 5.56 Å². The zero-order chi connectivity index (χ0) is 20.1. The quantitative estimate of drug-likeness (QED) is 0.307. The van der Waals surface area contributed by atoms with Crippen LogP contribution in [0, 0.1) is 14.9 Å². The van der Waals surface area contributed by atoms with Gasteiger partial charge < -0.3 is 14.5 Å². The molecule has 0 atom stereocenters. The van der Waals surface area contributed by atoms with E-state index in [1.165, 1.54) is 11.8 Å². The summed E-state index contributed by atoms with van der Waals surface area (Å²) in [5, 5.41) is 9.85. The second-order valence-corrected chi connectivity index (χ2v) is 7.63. The molecule has 28 heavy (non-hydrogen) atoms. The molecule has 142 valence electrons. The first-order chi connectivity index (χ1) is 13.6. The van der Waals surface area contributed by atoms with Crippen LogP contribution in [0.2, 0.25) is 0 Å². The highest BCUT2D eigenvalue weighted by molar-refractivity contribution is 14.1. The molecule has 0 aliphatic carbocycles. The normalized spacial score (nSPS) is 10.4. The van der Waals surface area contributed by atoms with Crippen LogP contribution in [-0.4, -0.2) is 23.3 Å². The van der Waals surface area contributed by atoms with Gasteiger partial charge in [0.15, 0.2) is 16.7 Å². The average molecular weight is 505 g/mol. The molecule has 8 heteroatoms. The lowest BCUT2D eigenvalue weighted by Crippen LogP contribution is -2.14. The molecule has 3 aromatic rings. The number of halogens is 1. The average Bonchev–Trinajstić information content (AvgIpc) is 2.72. The van der Waals surface area contributed by atoms with Crippen molar-refractivity contribution in [3.63, 3.8) is 0 Å². The predicted molar refractivity (Wildman–Crippen MR) is 117 cm³/mol. The molecule has 0 unspecified atom stereocenters. The third-order valence-corrected chi connectivity index (χ3v) is 5.31. The summed E-state index contributed by atoms with van der Waals surface area (Å²) in [7, 11) is 1.55. The lowest BCUT2D eigenvalue weighted by Gasteiger charge is -2.15. The molecule has 2 aromatic carbocycles. The first-order valence-electron chi connectivity index (χ1n) is 8.20. The fourth-order valence-corrected chi connectivity index (χ4v) is 3.72. The van der Waals surface area contributed by atoms with E-state index in [-0.39, 0.29) is 5.56 Å². The van der Waals surface area contributed by atoms with E-state index >= 15 is 0 Å². The number of rotatable bonds is 6. The topological polar surface area (TPSA) is 88.0 Å². The van der Waals surface area contributed by atoms with Gasteiger partial charge in [-0.15, -0.1) is 0 Å². The zero-order valence-electron chi connectivity index (χ0n) is 15.2. The number of H-pyrrole nitrogens is 1. The summed E-state index contributed by atoms with van der Waals surface area (Å²) in [6, 6.07) is 15.3. The van der Waals surface area contributed by atoms with E-state index in [9.17, 15) is 10.1 Å². The molecule has 0 fully saturated rings. The lowest BCUT2D eigenvalue weighted by atomic mass is 10.1. The maximum Gasteiger partial charge on any atom is 0.270 e. The summed E-state index contributed by atoms with van der Waals surface area (Å²) in [6.07, 6.45) is 1.80. The number of aromatic nitrogens is 2. The molecule has 1 aromatic heterocycles. The van der Waals surface area contributed by atoms with Crippen molar-refractivity contribution in [1.82, 2.24) is 9.97 Å². The Kier molecular flexibility index (Phi) is 6.59. The Morgan fingerprint density at radius 1 is 1.29 bits per heavy atom. The Balaban J connectivity index is 2.04. The van der Waals surface area contributed by atoms with E-state index in [1.54, 1.807) is 19.4 Å². The molecule has 0 bridgehead atoms. The second kappa shape index (κ2) is 9.12. The molecule has 0 aliphatic heterocycles. The molecule has 0 saturated heterocycles. The number of methoxy groups -OCH3 is 1. The third-order valence-electron chi connectivity index (χ3n) is 3.93. The Morgan fingerprint density at radius 2 is 2.04 bits per heavy atom. The highest BCUT2D eigenvalue weighted by Crippen LogP contribution is 2.38. The van der Waals surface area contributed by atoms with Crippen LogP contribution in [0.5, 0.6) is 11.5 Å². The van der Waals surface area contributed by atoms with Crippen molar-refractivity contribution in [1.29, 1.82) is 5.26 Å². The van der Waals surface area contributed by atoms with Crippen LogP contribution in [-0.2, 0) is 6.61 Å². The van der Waals surface area contributed by atoms with Crippen molar-refractivity contribution in [2.75, 3.05) is 13.4 Å². The summed E-state index contributed by atoms with van der Waals surface area (Å²) < 4.78 is 12.3. The maximum atomic E-state index is 12.2. The van der Waals surface area contributed by atoms with Crippen molar-refractivity contribution in [3.05, 3.63) is 67.5 Å². The number of benzene rings is 2. The number of thioether (sulfide) groups is 1. The van der Waals surface area contributed by atoms with Gasteiger partial charge >= 0.3 is 0 Å². The van der Waals surface area contributed by atoms with Gasteiger partial charge in [0, 0.05) is 5.56 Å². The number of hydrogen-bond donors (Lipinski definition) is 1. The predicted octanol–water partition coefficient (Wildman–Crippen LogP) is 4.22. The molecular weight excluding hydrogens is 489 g/mol. The van der Waals surface area contributed by atoms with E-state index in [0.717, 1.165) is 9.13 Å². The number of nitrogens with one attached hydrogen (secondary N) is 1. The monoisotopic (exact) mass is 505 g/mol. The Labute approximate surface area is 180 Å². The van der Waals surface area contributed by atoms with Gasteiger partial charge in [-0.2, -0.15) is 5.26 Å². The van der Waals surface area contributed by atoms with Crippen molar-refractivity contribution < 1.29 is 9.47 Å². The molecule has 3 rings (SSSR count). The summed E-state index contributed by atoms with van der Waals surface area (Å²) >= 11 is 3.45. The molecule has 1 N–H and O–H groups in total. The summed E-state index contributed by atoms with van der Waals surface area (Å²) in [6.45, 7) is 0.399. The van der Waals surface area contributed by atoms with E-state index in [1.807, 2.05) is 42.5 Å². The third kappa shape index (κ3) is 4.31. The summed E-state index contributed by atoms with van der Waals surface area (Å²) in [5.41, 5.74) is 1.48. The lowest BCUT2D eigenvalue weighted by molar-refractivity contribution is 0.282. The van der Waals surface area contributed by atoms with E-state index in [4.69, 9.17) is 9.47 Å². The Bertz CT molecular complexity index is 1090. The summed E-state index contributed by atoms with van der Waals surface area (Å²) in [5.74, 6) is 1.11. The summed E-state index contributed by atoms with van der Waals surface area (Å²) in [4.78, 5) is 19.2. The van der Waals surface area contributed by atoms with Crippen LogP contribution in [0.4, 0.5) is 0 Å². The van der Waals surface area contributed by atoms with Gasteiger partial charge in [-0.3, -0.25) is 4.79 Å². The van der Waals surface area contributed by atoms with Gasteiger partial charge in [0.1, 0.15) is 18.2 Å². The molecule has 0 aliphatic rings. The van der Waals surface area contributed by atoms with E-state index in [2.05, 4.69) is 32.6 Å². The van der Waals surface area contributed by atoms with Gasteiger partial charge in [0.2, 0.25) is 0 Å². The van der Waals surface area contributed by atoms with E-state index in [0.29, 0.717) is 34.5 Å². The standard InChI is InChI=1S/C20H16IN3O3S/c1-26-16-9-13(17-14(10-22)19(25)24-20(23-17)28-2)8-15(21)18(16)27-11-12-6-4-3-5-7-12/h3-9H,11H2,1-2H3,(H,23,24,25). The highest BCUT2D eigenvalue weighted by atomic mass is 127. The van der Waals surface area contributed by atoms with Gasteiger partial charge in [0.05, 0.1) is 16.4 Å². The van der Waals surface area contributed by atoms with Crippen LogP contribution < -0.4 is 15.0 Å². The fraction of sp³-hybridized carbons (Fsp3) is 0.150. The fourth-order valence-electron chi connectivity index (χ4n) is 2.59. The van der Waals surface area contributed by atoms with Crippen molar-refractivity contribution in [2.24, 2.45) is 0 Å². The molecule has 6 nitrogen and oxygen atoms in total.